The second-order valence-electron chi connectivity index (χ2n) is 7.30. The molecule has 0 bridgehead atoms. The van der Waals surface area contributed by atoms with Crippen molar-refractivity contribution in [2.45, 2.75) is 16.6 Å². The molecule has 1 fully saturated rings. The Bertz CT molecular complexity index is 1440. The largest absolute Gasteiger partial charge is 1.00 e. The molecule has 5 N–H and O–H groups in total. The molecule has 4 rings (SSSR count). The fourth-order valence-electron chi connectivity index (χ4n) is 3.44. The summed E-state index contributed by atoms with van der Waals surface area (Å²) in [5, 5.41) is 19.6. The van der Waals surface area contributed by atoms with Crippen LogP contribution in [0.2, 0.25) is 0 Å². The summed E-state index contributed by atoms with van der Waals surface area (Å²) in [6, 6.07) is -0.995. The molecule has 1 saturated heterocycles. The number of thioether (sulfide) groups is 2. The molecule has 0 saturated carbocycles. The van der Waals surface area contributed by atoms with E-state index in [1.807, 2.05) is 0 Å². The van der Waals surface area contributed by atoms with Crippen LogP contribution in [0.5, 0.6) is 0 Å². The number of carboxylic acids is 1. The van der Waals surface area contributed by atoms with Crippen molar-refractivity contribution in [2.75, 3.05) is 24.3 Å². The van der Waals surface area contributed by atoms with Gasteiger partial charge in [-0.05, 0) is 5.57 Å². The summed E-state index contributed by atoms with van der Waals surface area (Å²) >= 11 is 3.41. The number of nitrogens with one attached hydrogen (secondary N) is 2. The number of β-lactam (4-membered cyclic amide) rings is 1. The molecule has 19 heteroatoms. The minimum Gasteiger partial charge on any atom is -1.00 e. The Kier molecular flexibility index (Phi) is 9.24. The number of rotatable bonds is 8. The fourth-order valence-corrected chi connectivity index (χ4v) is 6.39. The van der Waals surface area contributed by atoms with E-state index in [0.29, 0.717) is 5.57 Å². The Morgan fingerprint density at radius 3 is 2.76 bits per heavy atom. The number of hydrogen-bond acceptors (Lipinski definition) is 13. The van der Waals surface area contributed by atoms with Crippen LogP contribution in [0, 0.1) is 0 Å². The molecule has 192 valence electrons. The van der Waals surface area contributed by atoms with Crippen LogP contribution in [0.15, 0.2) is 36.6 Å². The van der Waals surface area contributed by atoms with Crippen molar-refractivity contribution in [3.8, 4) is 0 Å². The number of nitrogens with two attached hydrogens (primary N) is 1. The Morgan fingerprint density at radius 2 is 2.14 bits per heavy atom. The predicted octanol–water partition coefficient (Wildman–Crippen LogP) is -4.49. The summed E-state index contributed by atoms with van der Waals surface area (Å²) in [6.45, 7) is 0. The number of amides is 2. The van der Waals surface area contributed by atoms with E-state index in [-0.39, 0.29) is 69.9 Å². The van der Waals surface area contributed by atoms with Gasteiger partial charge in [-0.3, -0.25) is 33.9 Å². The molecule has 0 radical (unpaired) electrons. The van der Waals surface area contributed by atoms with E-state index in [1.165, 1.54) is 36.0 Å². The summed E-state index contributed by atoms with van der Waals surface area (Å²) in [4.78, 5) is 74.3. The number of carbonyl (C=O) groups is 3. The van der Waals surface area contributed by atoms with E-state index in [9.17, 15) is 29.1 Å². The zero-order valence-corrected chi connectivity index (χ0v) is 24.0. The van der Waals surface area contributed by atoms with Crippen LogP contribution in [0.3, 0.4) is 0 Å². The third-order valence-electron chi connectivity index (χ3n) is 5.02. The summed E-state index contributed by atoms with van der Waals surface area (Å²) in [6.07, 6.45) is 0. The van der Waals surface area contributed by atoms with Crippen LogP contribution in [-0.4, -0.2) is 83.3 Å². The maximum atomic E-state index is 12.9. The van der Waals surface area contributed by atoms with Crippen LogP contribution in [0.25, 0.3) is 0 Å². The first kappa shape index (κ1) is 28.9. The normalized spacial score (nSPS) is 19.0. The molecule has 2 aromatic rings. The number of hydrogen-bond donors (Lipinski definition) is 4. The molecule has 37 heavy (non-hydrogen) atoms. The number of carbonyl (C=O) groups excluding carboxylic acids is 2. The van der Waals surface area contributed by atoms with Gasteiger partial charge in [0.2, 0.25) is 0 Å². The minimum absolute atomic E-state index is 0. The Labute approximate surface area is 243 Å². The molecule has 2 aliphatic rings. The first-order valence-corrected chi connectivity index (χ1v) is 12.9. The van der Waals surface area contributed by atoms with Crippen molar-refractivity contribution in [1.82, 2.24) is 30.0 Å². The molecular weight excluding hydrogens is 559 g/mol. The average molecular weight is 579 g/mol. The molecule has 0 spiro atoms. The Balaban J connectivity index is 0.00000253. The monoisotopic (exact) mass is 578 g/mol. The van der Waals surface area contributed by atoms with Crippen molar-refractivity contribution >= 4 is 63.5 Å². The van der Waals surface area contributed by atoms with Crippen molar-refractivity contribution < 1.29 is 55.3 Å². The van der Waals surface area contributed by atoms with Gasteiger partial charge in [0.25, 0.3) is 11.8 Å². The number of carboxylic acid groups (broad SMARTS) is 1. The number of thiazole rings is 1. The summed E-state index contributed by atoms with van der Waals surface area (Å²) in [5.74, 6) is -2.30. The third-order valence-corrected chi connectivity index (χ3v) is 8.15. The molecule has 0 aliphatic carbocycles. The van der Waals surface area contributed by atoms with Gasteiger partial charge in [-0.25, -0.2) is 9.78 Å². The number of nitrogen functional groups attached to an aromatic ring is 1. The van der Waals surface area contributed by atoms with Crippen LogP contribution in [0.4, 0.5) is 5.13 Å². The SMILES string of the molecule is CON=C(C(=O)N[C@@H]1C(=O)N2C(C(=O)O)=C(CSc3nc(=O)c(=O)[nH]n3C)CS[C@H]12)c1csc(N)n1.[H-].[Na+]. The van der Waals surface area contributed by atoms with Crippen LogP contribution in [0.1, 0.15) is 7.12 Å². The Morgan fingerprint density at radius 1 is 1.41 bits per heavy atom. The zero-order valence-electron chi connectivity index (χ0n) is 20.6. The number of anilines is 1. The molecule has 0 unspecified atom stereocenters. The quantitative estimate of drug-likeness (QED) is 0.0582. The van der Waals surface area contributed by atoms with Crippen molar-refractivity contribution in [2.24, 2.45) is 12.2 Å². The smallest absolute Gasteiger partial charge is 1.00 e. The molecule has 15 nitrogen and oxygen atoms in total. The second kappa shape index (κ2) is 11.8. The molecular formula is C18H19N8NaO7S3. The molecule has 2 aliphatic heterocycles. The van der Waals surface area contributed by atoms with Gasteiger partial charge in [0.15, 0.2) is 16.0 Å². The van der Waals surface area contributed by atoms with Gasteiger partial charge in [0, 0.05) is 23.9 Å². The van der Waals surface area contributed by atoms with Gasteiger partial charge in [-0.15, -0.1) is 23.1 Å². The number of nitrogens with zero attached hydrogens (tertiary/aromatic N) is 5. The van der Waals surface area contributed by atoms with E-state index < -0.39 is 40.3 Å². The summed E-state index contributed by atoms with van der Waals surface area (Å²) < 4.78 is 1.25. The average Bonchev–Trinajstić information content (AvgIpc) is 3.27. The third kappa shape index (κ3) is 5.78. The van der Waals surface area contributed by atoms with Crippen LogP contribution >= 0.6 is 34.9 Å². The zero-order chi connectivity index (χ0) is 26.1. The van der Waals surface area contributed by atoms with Crippen LogP contribution < -0.4 is 51.7 Å². The molecule has 0 aromatic carbocycles. The van der Waals surface area contributed by atoms with Gasteiger partial charge in [0.05, 0.1) is 0 Å². The van der Waals surface area contributed by atoms with Gasteiger partial charge in [-0.1, -0.05) is 16.9 Å². The number of aromatic amines is 1. The van der Waals surface area contributed by atoms with E-state index in [0.717, 1.165) is 28.0 Å². The van der Waals surface area contributed by atoms with Gasteiger partial charge in [-0.2, -0.15) is 4.98 Å². The number of aliphatic carboxylic acids is 1. The molecule has 2 aromatic heterocycles. The predicted molar refractivity (Wildman–Crippen MR) is 132 cm³/mol. The van der Waals surface area contributed by atoms with E-state index in [2.05, 4.69) is 25.5 Å². The van der Waals surface area contributed by atoms with Gasteiger partial charge < -0.3 is 22.4 Å². The summed E-state index contributed by atoms with van der Waals surface area (Å²) in [5.41, 5.74) is 4.00. The fraction of sp³-hybridized carbons (Fsp3) is 0.333. The maximum Gasteiger partial charge on any atom is 1.00 e. The number of oxime groups is 1. The van der Waals surface area contributed by atoms with Gasteiger partial charge >= 0.3 is 46.6 Å². The number of fused-ring (bicyclic) bond motifs is 1. The van der Waals surface area contributed by atoms with Crippen molar-refractivity contribution in [1.29, 1.82) is 0 Å². The number of aryl methyl sites for hydroxylation is 1. The number of aromatic nitrogens is 4. The molecule has 2 atom stereocenters. The first-order chi connectivity index (χ1) is 17.1. The van der Waals surface area contributed by atoms with Crippen molar-refractivity contribution in [3.05, 3.63) is 43.1 Å². The standard InChI is InChI=1S/C18H18N8O7S3.Na.H/c1-25-18(22-12(28)13(29)23-25)36-4-6-3-34-15-9(14(30)26(15)10(6)16(31)32)21-11(27)8(24-33-2)7-5-35-17(19)20-7;;/h5,9,15H,3-4H2,1-2H3,(H2,19,20)(H,21,27)(H,23,29)(H,31,32);;/q;+1;-1/t9-,15-;;/m1../s1. The maximum absolute atomic E-state index is 12.9. The number of H-pyrrole nitrogens is 1. The van der Waals surface area contributed by atoms with Crippen LogP contribution in [-0.2, 0) is 26.3 Å². The topological polar surface area (TPSA) is 215 Å². The van der Waals surface area contributed by atoms with E-state index >= 15 is 0 Å². The first-order valence-electron chi connectivity index (χ1n) is 9.96. The van der Waals surface area contributed by atoms with E-state index in [1.54, 1.807) is 0 Å². The second-order valence-corrected chi connectivity index (χ2v) is 10.2. The molecule has 4 heterocycles. The minimum atomic E-state index is -1.31. The van der Waals surface area contributed by atoms with Crippen molar-refractivity contribution in [3.63, 3.8) is 0 Å². The van der Waals surface area contributed by atoms with Gasteiger partial charge in [0.1, 0.15) is 29.9 Å². The Hall–Kier alpha value is -2.64. The van der Waals surface area contributed by atoms with E-state index in [4.69, 9.17) is 10.6 Å². The summed E-state index contributed by atoms with van der Waals surface area (Å²) in [7, 11) is 2.74. The molecule has 2 amide bonds.